The van der Waals surface area contributed by atoms with E-state index in [1.54, 1.807) is 4.90 Å². The maximum Gasteiger partial charge on any atom is 0.409 e. The molecule has 1 fully saturated rings. The van der Waals surface area contributed by atoms with Crippen molar-refractivity contribution in [3.05, 3.63) is 35.9 Å². The number of carbonyl (C=O) groups is 1. The third kappa shape index (κ3) is 3.76. The molecule has 0 atom stereocenters. The Labute approximate surface area is 109 Å². The fourth-order valence-electron chi connectivity index (χ4n) is 2.48. The summed E-state index contributed by atoms with van der Waals surface area (Å²) in [6, 6.07) is 9.78. The maximum atomic E-state index is 11.8. The zero-order valence-corrected chi connectivity index (χ0v) is 11.0. The predicted octanol–water partition coefficient (Wildman–Crippen LogP) is 3.45. The van der Waals surface area contributed by atoms with Crippen molar-refractivity contribution < 1.29 is 9.53 Å². The second-order valence-electron chi connectivity index (χ2n) is 5.07. The lowest BCUT2D eigenvalue weighted by Crippen LogP contribution is -2.31. The van der Waals surface area contributed by atoms with Gasteiger partial charge in [0.1, 0.15) is 6.61 Å². The third-order valence-corrected chi connectivity index (χ3v) is 3.52. The molecule has 0 radical (unpaired) electrons. The summed E-state index contributed by atoms with van der Waals surface area (Å²) in [5.41, 5.74) is 1.03. The van der Waals surface area contributed by atoms with Crippen LogP contribution < -0.4 is 0 Å². The van der Waals surface area contributed by atoms with Crippen LogP contribution in [0.3, 0.4) is 0 Å². The van der Waals surface area contributed by atoms with Crippen molar-refractivity contribution in [1.82, 2.24) is 4.90 Å². The molecule has 1 aromatic carbocycles. The normalized spacial score (nSPS) is 15.6. The first kappa shape index (κ1) is 12.9. The van der Waals surface area contributed by atoms with Crippen LogP contribution in [0, 0.1) is 5.92 Å². The number of amides is 1. The first-order valence-corrected chi connectivity index (χ1v) is 6.67. The van der Waals surface area contributed by atoms with Gasteiger partial charge in [0.05, 0.1) is 0 Å². The molecule has 0 bridgehead atoms. The van der Waals surface area contributed by atoms with E-state index < -0.39 is 0 Å². The molecule has 1 saturated carbocycles. The minimum absolute atomic E-state index is 0.217. The van der Waals surface area contributed by atoms with Crippen LogP contribution in [0.4, 0.5) is 4.79 Å². The molecule has 98 valence electrons. The monoisotopic (exact) mass is 247 g/mol. The van der Waals surface area contributed by atoms with Gasteiger partial charge in [-0.1, -0.05) is 43.2 Å². The molecule has 0 aromatic heterocycles. The van der Waals surface area contributed by atoms with Crippen molar-refractivity contribution in [1.29, 1.82) is 0 Å². The second kappa shape index (κ2) is 6.43. The number of hydrogen-bond donors (Lipinski definition) is 0. The Morgan fingerprint density at radius 3 is 2.61 bits per heavy atom. The summed E-state index contributed by atoms with van der Waals surface area (Å²) in [5, 5.41) is 0. The molecule has 1 amide bonds. The van der Waals surface area contributed by atoms with Crippen LogP contribution in [0.2, 0.25) is 0 Å². The van der Waals surface area contributed by atoms with E-state index in [1.807, 2.05) is 37.4 Å². The van der Waals surface area contributed by atoms with Crippen molar-refractivity contribution in [3.63, 3.8) is 0 Å². The van der Waals surface area contributed by atoms with Crippen LogP contribution in [0.1, 0.15) is 31.2 Å². The van der Waals surface area contributed by atoms with E-state index in [-0.39, 0.29) is 6.09 Å². The first-order chi connectivity index (χ1) is 8.75. The van der Waals surface area contributed by atoms with Crippen LogP contribution in [-0.4, -0.2) is 24.6 Å². The zero-order chi connectivity index (χ0) is 12.8. The molecule has 0 unspecified atom stereocenters. The van der Waals surface area contributed by atoms with Crippen LogP contribution in [0.25, 0.3) is 0 Å². The maximum absolute atomic E-state index is 11.8. The summed E-state index contributed by atoms with van der Waals surface area (Å²) in [7, 11) is 1.83. The molecule has 0 heterocycles. The van der Waals surface area contributed by atoms with Gasteiger partial charge in [-0.15, -0.1) is 0 Å². The summed E-state index contributed by atoms with van der Waals surface area (Å²) in [6.07, 6.45) is 4.88. The molecular weight excluding hydrogens is 226 g/mol. The highest BCUT2D eigenvalue weighted by Crippen LogP contribution is 2.25. The van der Waals surface area contributed by atoms with Gasteiger partial charge in [-0.3, -0.25) is 0 Å². The third-order valence-electron chi connectivity index (χ3n) is 3.52. The lowest BCUT2D eigenvalue weighted by Gasteiger charge is -2.20. The fraction of sp³-hybridized carbons (Fsp3) is 0.533. The smallest absolute Gasteiger partial charge is 0.409 e. The number of benzene rings is 1. The minimum atomic E-state index is -0.217. The Bertz CT molecular complexity index is 371. The zero-order valence-electron chi connectivity index (χ0n) is 11.0. The highest BCUT2D eigenvalue weighted by atomic mass is 16.6. The Kier molecular flexibility index (Phi) is 4.62. The minimum Gasteiger partial charge on any atom is -0.445 e. The van der Waals surface area contributed by atoms with Gasteiger partial charge in [-0.25, -0.2) is 4.79 Å². The molecule has 0 saturated heterocycles. The van der Waals surface area contributed by atoms with Crippen molar-refractivity contribution in [2.24, 2.45) is 5.92 Å². The molecule has 0 aliphatic heterocycles. The van der Waals surface area contributed by atoms with Crippen LogP contribution >= 0.6 is 0 Å². The van der Waals surface area contributed by atoms with Crippen LogP contribution in [0.15, 0.2) is 30.3 Å². The Balaban J connectivity index is 1.73. The SMILES string of the molecule is CN(CC1CCCC1)C(=O)OCc1ccccc1. The molecule has 0 N–H and O–H groups in total. The summed E-state index contributed by atoms with van der Waals surface area (Å²) in [5.74, 6) is 0.666. The Morgan fingerprint density at radius 2 is 1.94 bits per heavy atom. The highest BCUT2D eigenvalue weighted by Gasteiger charge is 2.19. The molecule has 1 aliphatic rings. The quantitative estimate of drug-likeness (QED) is 0.815. The fourth-order valence-corrected chi connectivity index (χ4v) is 2.48. The van der Waals surface area contributed by atoms with Crippen LogP contribution in [-0.2, 0) is 11.3 Å². The van der Waals surface area contributed by atoms with Gasteiger partial charge in [0.15, 0.2) is 0 Å². The van der Waals surface area contributed by atoms with E-state index in [9.17, 15) is 4.79 Å². The molecule has 2 rings (SSSR count). The Hall–Kier alpha value is -1.51. The van der Waals surface area contributed by atoms with E-state index in [4.69, 9.17) is 4.74 Å². The van der Waals surface area contributed by atoms with Gasteiger partial charge in [-0.2, -0.15) is 0 Å². The van der Waals surface area contributed by atoms with Gasteiger partial charge < -0.3 is 9.64 Å². The van der Waals surface area contributed by atoms with Crippen molar-refractivity contribution in [2.45, 2.75) is 32.3 Å². The average Bonchev–Trinajstić information content (AvgIpc) is 2.90. The molecule has 1 aliphatic carbocycles. The summed E-state index contributed by atoms with van der Waals surface area (Å²) >= 11 is 0. The number of nitrogens with zero attached hydrogens (tertiary/aromatic N) is 1. The number of hydrogen-bond acceptors (Lipinski definition) is 2. The number of rotatable bonds is 4. The summed E-state index contributed by atoms with van der Waals surface area (Å²) in [6.45, 7) is 1.18. The van der Waals surface area contributed by atoms with Crippen molar-refractivity contribution in [3.8, 4) is 0 Å². The molecule has 3 heteroatoms. The average molecular weight is 247 g/mol. The van der Waals surface area contributed by atoms with E-state index in [1.165, 1.54) is 25.7 Å². The van der Waals surface area contributed by atoms with Gasteiger partial charge in [-0.05, 0) is 24.3 Å². The summed E-state index contributed by atoms with van der Waals surface area (Å²) in [4.78, 5) is 13.5. The highest BCUT2D eigenvalue weighted by molar-refractivity contribution is 5.67. The first-order valence-electron chi connectivity index (χ1n) is 6.67. The summed E-state index contributed by atoms with van der Waals surface area (Å²) < 4.78 is 5.29. The molecule has 3 nitrogen and oxygen atoms in total. The largest absolute Gasteiger partial charge is 0.445 e. The van der Waals surface area contributed by atoms with E-state index in [2.05, 4.69) is 0 Å². The standard InChI is InChI=1S/C15H21NO2/c1-16(11-13-7-5-6-8-13)15(17)18-12-14-9-3-2-4-10-14/h2-4,9-10,13H,5-8,11-12H2,1H3. The van der Waals surface area contributed by atoms with Crippen molar-refractivity contribution >= 4 is 6.09 Å². The molecular formula is C15H21NO2. The van der Waals surface area contributed by atoms with Gasteiger partial charge in [0, 0.05) is 13.6 Å². The van der Waals surface area contributed by atoms with E-state index >= 15 is 0 Å². The number of carbonyl (C=O) groups excluding carboxylic acids is 1. The van der Waals surface area contributed by atoms with E-state index in [0.717, 1.165) is 12.1 Å². The predicted molar refractivity (Wildman–Crippen MR) is 71.2 cm³/mol. The van der Waals surface area contributed by atoms with Crippen molar-refractivity contribution in [2.75, 3.05) is 13.6 Å². The van der Waals surface area contributed by atoms with Gasteiger partial charge in [0.2, 0.25) is 0 Å². The molecule has 18 heavy (non-hydrogen) atoms. The van der Waals surface area contributed by atoms with Gasteiger partial charge >= 0.3 is 6.09 Å². The topological polar surface area (TPSA) is 29.5 Å². The second-order valence-corrected chi connectivity index (χ2v) is 5.07. The lowest BCUT2D eigenvalue weighted by molar-refractivity contribution is 0.0997. The van der Waals surface area contributed by atoms with Crippen LogP contribution in [0.5, 0.6) is 0 Å². The molecule has 0 spiro atoms. The lowest BCUT2D eigenvalue weighted by atomic mass is 10.1. The number of ether oxygens (including phenoxy) is 1. The Morgan fingerprint density at radius 1 is 1.28 bits per heavy atom. The van der Waals surface area contributed by atoms with Gasteiger partial charge in [0.25, 0.3) is 0 Å². The van der Waals surface area contributed by atoms with E-state index in [0.29, 0.717) is 12.5 Å². The molecule has 1 aromatic rings.